The number of carbonyl (C=O) groups excluding carboxylic acids is 3. The highest BCUT2D eigenvalue weighted by atomic mass is 16.5. The standard InChI is InChI=1S/C31H39N3O5/c1-6-15-32-27(36)23-24-29(38)34(22(17-35)21-13-8-7-9-14-21)26(31(24)16-20(4)30(23,5)39-31)28(37)33-25-18(2)11-10-12-19(25)3/h7-14,20,22-24,26,35H,6,15-17H2,1-5H3,(H,32,36)(H,33,37)/t20?,22-,23-,24+,26?,30+,31?/m1/s1. The van der Waals surface area contributed by atoms with Crippen LogP contribution in [0.1, 0.15) is 56.3 Å². The Labute approximate surface area is 230 Å². The fourth-order valence-corrected chi connectivity index (χ4v) is 7.30. The summed E-state index contributed by atoms with van der Waals surface area (Å²) in [4.78, 5) is 43.9. The molecule has 3 aliphatic rings. The van der Waals surface area contributed by atoms with Gasteiger partial charge in [0.05, 0.1) is 30.1 Å². The van der Waals surface area contributed by atoms with Crippen LogP contribution in [0.5, 0.6) is 0 Å². The van der Waals surface area contributed by atoms with Crippen molar-refractivity contribution in [2.24, 2.45) is 17.8 Å². The van der Waals surface area contributed by atoms with Gasteiger partial charge < -0.3 is 25.4 Å². The Hall–Kier alpha value is -3.23. The molecule has 7 atom stereocenters. The Bertz CT molecular complexity index is 1260. The number of fused-ring (bicyclic) bond motifs is 1. The summed E-state index contributed by atoms with van der Waals surface area (Å²) >= 11 is 0. The van der Waals surface area contributed by atoms with E-state index in [-0.39, 0.29) is 30.2 Å². The van der Waals surface area contributed by atoms with Gasteiger partial charge in [-0.3, -0.25) is 14.4 Å². The zero-order chi connectivity index (χ0) is 28.1. The van der Waals surface area contributed by atoms with E-state index in [9.17, 15) is 19.5 Å². The highest BCUT2D eigenvalue weighted by molar-refractivity contribution is 6.04. The molecule has 3 unspecified atom stereocenters. The Balaban J connectivity index is 1.64. The van der Waals surface area contributed by atoms with Crippen molar-refractivity contribution < 1.29 is 24.2 Å². The predicted molar refractivity (Wildman–Crippen MR) is 148 cm³/mol. The average Bonchev–Trinajstić information content (AvgIpc) is 3.43. The van der Waals surface area contributed by atoms with Gasteiger partial charge in [-0.25, -0.2) is 0 Å². The van der Waals surface area contributed by atoms with Crippen LogP contribution in [0.4, 0.5) is 5.69 Å². The predicted octanol–water partition coefficient (Wildman–Crippen LogP) is 3.51. The number of ether oxygens (including phenoxy) is 1. The lowest BCUT2D eigenvalue weighted by Crippen LogP contribution is -2.55. The number of benzene rings is 2. The molecule has 0 saturated carbocycles. The number of carbonyl (C=O) groups is 3. The van der Waals surface area contributed by atoms with Crippen molar-refractivity contribution in [1.29, 1.82) is 0 Å². The van der Waals surface area contributed by atoms with Crippen LogP contribution in [-0.4, -0.2) is 58.1 Å². The minimum Gasteiger partial charge on any atom is -0.394 e. The molecule has 2 bridgehead atoms. The summed E-state index contributed by atoms with van der Waals surface area (Å²) in [5, 5.41) is 16.7. The minimum absolute atomic E-state index is 0.0568. The number of hydrogen-bond donors (Lipinski definition) is 3. The summed E-state index contributed by atoms with van der Waals surface area (Å²) in [6, 6.07) is 13.2. The Morgan fingerprint density at radius 3 is 2.38 bits per heavy atom. The number of rotatable bonds is 8. The molecule has 3 aliphatic heterocycles. The summed E-state index contributed by atoms with van der Waals surface area (Å²) in [6.45, 7) is 9.89. The second-order valence-corrected chi connectivity index (χ2v) is 11.6. The first kappa shape index (κ1) is 27.3. The normalized spacial score (nSPS) is 31.7. The maximum absolute atomic E-state index is 14.5. The zero-order valence-corrected chi connectivity index (χ0v) is 23.4. The van der Waals surface area contributed by atoms with Crippen LogP contribution < -0.4 is 10.6 Å². The molecule has 3 N–H and O–H groups in total. The molecule has 1 spiro atoms. The first-order chi connectivity index (χ1) is 18.6. The molecule has 5 rings (SSSR count). The summed E-state index contributed by atoms with van der Waals surface area (Å²) < 4.78 is 6.79. The van der Waals surface area contributed by atoms with Crippen LogP contribution in [-0.2, 0) is 19.1 Å². The Kier molecular flexibility index (Phi) is 7.06. The lowest BCUT2D eigenvalue weighted by Gasteiger charge is -2.37. The van der Waals surface area contributed by atoms with E-state index in [1.165, 1.54) is 4.90 Å². The number of nitrogens with zero attached hydrogens (tertiary/aromatic N) is 1. The van der Waals surface area contributed by atoms with Crippen molar-refractivity contribution in [3.63, 3.8) is 0 Å². The first-order valence-electron chi connectivity index (χ1n) is 13.9. The number of likely N-dealkylation sites (tertiary alicyclic amines) is 1. The van der Waals surface area contributed by atoms with Gasteiger partial charge in [-0.2, -0.15) is 0 Å². The van der Waals surface area contributed by atoms with Gasteiger partial charge in [0.1, 0.15) is 11.6 Å². The summed E-state index contributed by atoms with van der Waals surface area (Å²) in [6.07, 6.45) is 1.23. The highest BCUT2D eigenvalue weighted by Gasteiger charge is 2.80. The fourth-order valence-electron chi connectivity index (χ4n) is 7.30. The number of para-hydroxylation sites is 1. The van der Waals surface area contributed by atoms with Gasteiger partial charge in [-0.05, 0) is 56.2 Å². The van der Waals surface area contributed by atoms with Gasteiger partial charge in [0.15, 0.2) is 0 Å². The zero-order valence-electron chi connectivity index (χ0n) is 23.4. The van der Waals surface area contributed by atoms with E-state index in [2.05, 4.69) is 10.6 Å². The third kappa shape index (κ3) is 4.07. The van der Waals surface area contributed by atoms with Crippen LogP contribution in [0.25, 0.3) is 0 Å². The van der Waals surface area contributed by atoms with Gasteiger partial charge in [0.2, 0.25) is 17.7 Å². The van der Waals surface area contributed by atoms with Crippen molar-refractivity contribution in [2.75, 3.05) is 18.5 Å². The first-order valence-corrected chi connectivity index (χ1v) is 13.9. The molecule has 0 aliphatic carbocycles. The van der Waals surface area contributed by atoms with E-state index in [0.717, 1.165) is 23.1 Å². The van der Waals surface area contributed by atoms with Gasteiger partial charge >= 0.3 is 0 Å². The van der Waals surface area contributed by atoms with E-state index < -0.39 is 35.1 Å². The topological polar surface area (TPSA) is 108 Å². The van der Waals surface area contributed by atoms with Gasteiger partial charge in [-0.15, -0.1) is 0 Å². The molecule has 3 saturated heterocycles. The Morgan fingerprint density at radius 2 is 1.77 bits per heavy atom. The van der Waals surface area contributed by atoms with Crippen molar-refractivity contribution >= 4 is 23.4 Å². The monoisotopic (exact) mass is 533 g/mol. The smallest absolute Gasteiger partial charge is 0.250 e. The molecule has 0 aromatic heterocycles. The minimum atomic E-state index is -1.19. The molecule has 8 heteroatoms. The second-order valence-electron chi connectivity index (χ2n) is 11.6. The third-order valence-corrected chi connectivity index (χ3v) is 9.25. The molecule has 0 radical (unpaired) electrons. The number of aliphatic hydroxyl groups is 1. The molecule has 39 heavy (non-hydrogen) atoms. The third-order valence-electron chi connectivity index (χ3n) is 9.25. The van der Waals surface area contributed by atoms with Crippen molar-refractivity contribution in [2.45, 2.75) is 70.7 Å². The molecule has 3 amide bonds. The molecule has 2 aromatic carbocycles. The van der Waals surface area contributed by atoms with E-state index >= 15 is 0 Å². The van der Waals surface area contributed by atoms with Crippen LogP contribution in [0.3, 0.4) is 0 Å². The number of amides is 3. The van der Waals surface area contributed by atoms with Crippen molar-refractivity contribution in [3.05, 3.63) is 65.2 Å². The lowest BCUT2D eigenvalue weighted by molar-refractivity contribution is -0.149. The second kappa shape index (κ2) is 10.1. The molecule has 3 fully saturated rings. The molecular formula is C31H39N3O5. The quantitative estimate of drug-likeness (QED) is 0.481. The lowest BCUT2D eigenvalue weighted by atomic mass is 9.62. The van der Waals surface area contributed by atoms with Crippen molar-refractivity contribution in [3.8, 4) is 0 Å². The molecule has 3 heterocycles. The summed E-state index contributed by atoms with van der Waals surface area (Å²) in [7, 11) is 0. The van der Waals surface area contributed by atoms with E-state index in [4.69, 9.17) is 4.74 Å². The van der Waals surface area contributed by atoms with Gasteiger partial charge in [0.25, 0.3) is 0 Å². The average molecular weight is 534 g/mol. The number of nitrogens with one attached hydrogen (secondary N) is 2. The van der Waals surface area contributed by atoms with E-state index in [0.29, 0.717) is 18.7 Å². The highest BCUT2D eigenvalue weighted by Crippen LogP contribution is 2.66. The molecule has 208 valence electrons. The van der Waals surface area contributed by atoms with E-state index in [1.807, 2.05) is 83.1 Å². The number of hydrogen-bond acceptors (Lipinski definition) is 5. The number of anilines is 1. The van der Waals surface area contributed by atoms with Crippen LogP contribution in [0, 0.1) is 31.6 Å². The SMILES string of the molecule is CCCNC(=O)[C@H]1[C@H]2C(=O)N([C@H](CO)c3ccccc3)C(C(=O)Nc3c(C)cccc3C)C23CC(C)[C@]1(C)O3. The molecular weight excluding hydrogens is 494 g/mol. The largest absolute Gasteiger partial charge is 0.394 e. The number of aryl methyl sites for hydroxylation is 2. The summed E-state index contributed by atoms with van der Waals surface area (Å²) in [5.74, 6) is -2.55. The maximum Gasteiger partial charge on any atom is 0.250 e. The number of aliphatic hydroxyl groups excluding tert-OH is 1. The van der Waals surface area contributed by atoms with Gasteiger partial charge in [-0.1, -0.05) is 62.4 Å². The van der Waals surface area contributed by atoms with Crippen molar-refractivity contribution in [1.82, 2.24) is 10.2 Å². The molecule has 8 nitrogen and oxygen atoms in total. The van der Waals surface area contributed by atoms with Gasteiger partial charge in [0, 0.05) is 12.2 Å². The van der Waals surface area contributed by atoms with Crippen LogP contribution in [0.15, 0.2) is 48.5 Å². The van der Waals surface area contributed by atoms with E-state index in [1.54, 1.807) is 0 Å². The maximum atomic E-state index is 14.5. The Morgan fingerprint density at radius 1 is 1.10 bits per heavy atom. The summed E-state index contributed by atoms with van der Waals surface area (Å²) in [5.41, 5.74) is 1.15. The fraction of sp³-hybridized carbons (Fsp3) is 0.516. The van der Waals surface area contributed by atoms with Crippen LogP contribution in [0.2, 0.25) is 0 Å². The van der Waals surface area contributed by atoms with Crippen LogP contribution >= 0.6 is 0 Å². The molecule has 2 aromatic rings.